The van der Waals surface area contributed by atoms with Crippen LogP contribution in [0.15, 0.2) is 41.3 Å². The van der Waals surface area contributed by atoms with Gasteiger partial charge in [-0.3, -0.25) is 9.59 Å². The van der Waals surface area contributed by atoms with Crippen molar-refractivity contribution < 1.29 is 22.7 Å². The van der Waals surface area contributed by atoms with E-state index in [2.05, 4.69) is 10.6 Å². The monoisotopic (exact) mass is 460 g/mol. The first-order valence-electron chi connectivity index (χ1n) is 10.2. The third-order valence-electron chi connectivity index (χ3n) is 5.31. The summed E-state index contributed by atoms with van der Waals surface area (Å²) < 4.78 is 31.4. The molecule has 32 heavy (non-hydrogen) atoms. The number of rotatable bonds is 8. The van der Waals surface area contributed by atoms with Crippen LogP contribution < -0.4 is 20.3 Å². The smallest absolute Gasteiger partial charge is 0.246 e. The number of hydrogen-bond donors (Lipinski definition) is 2. The number of nitrogens with one attached hydrogen (secondary N) is 2. The van der Waals surface area contributed by atoms with Gasteiger partial charge in [0.1, 0.15) is 10.6 Å². The summed E-state index contributed by atoms with van der Waals surface area (Å²) >= 11 is 0. The molecule has 0 unspecified atom stereocenters. The molecule has 2 aromatic carbocycles. The summed E-state index contributed by atoms with van der Waals surface area (Å²) in [4.78, 5) is 26.3. The van der Waals surface area contributed by atoms with Crippen molar-refractivity contribution in [2.24, 2.45) is 0 Å². The van der Waals surface area contributed by atoms with E-state index >= 15 is 0 Å². The van der Waals surface area contributed by atoms with Crippen molar-refractivity contribution in [3.63, 3.8) is 0 Å². The number of methoxy groups -OCH3 is 1. The van der Waals surface area contributed by atoms with Gasteiger partial charge >= 0.3 is 0 Å². The van der Waals surface area contributed by atoms with Crippen molar-refractivity contribution in [1.82, 2.24) is 4.31 Å². The van der Waals surface area contributed by atoms with E-state index in [9.17, 15) is 18.0 Å². The molecule has 0 saturated carbocycles. The minimum Gasteiger partial charge on any atom is -0.495 e. The highest BCUT2D eigenvalue weighted by molar-refractivity contribution is 7.89. The second-order valence-electron chi connectivity index (χ2n) is 7.65. The third kappa shape index (κ3) is 4.86. The quantitative estimate of drug-likeness (QED) is 0.627. The maximum atomic E-state index is 12.6. The number of benzene rings is 2. The lowest BCUT2D eigenvalue weighted by Gasteiger charge is -2.21. The van der Waals surface area contributed by atoms with Crippen molar-refractivity contribution in [1.29, 1.82) is 0 Å². The molecule has 172 valence electrons. The zero-order valence-electron chi connectivity index (χ0n) is 18.6. The first kappa shape index (κ1) is 23.6. The van der Waals surface area contributed by atoms with Crippen molar-refractivity contribution in [2.45, 2.75) is 24.7 Å². The van der Waals surface area contributed by atoms with Crippen LogP contribution in [0, 0.1) is 6.92 Å². The highest BCUT2D eigenvalue weighted by Gasteiger charge is 2.24. The van der Waals surface area contributed by atoms with Crippen LogP contribution in [0.2, 0.25) is 0 Å². The fourth-order valence-corrected chi connectivity index (χ4v) is 4.62. The molecule has 10 heteroatoms. The van der Waals surface area contributed by atoms with E-state index in [0.29, 0.717) is 18.7 Å². The Morgan fingerprint density at radius 3 is 2.59 bits per heavy atom. The Balaban J connectivity index is 1.71. The van der Waals surface area contributed by atoms with Crippen LogP contribution >= 0.6 is 0 Å². The Hall–Kier alpha value is -3.11. The lowest BCUT2D eigenvalue weighted by molar-refractivity contribution is -0.117. The van der Waals surface area contributed by atoms with E-state index in [1.165, 1.54) is 33.3 Å². The molecule has 1 aliphatic rings. The Bertz CT molecular complexity index is 1130. The fourth-order valence-electron chi connectivity index (χ4n) is 3.54. The van der Waals surface area contributed by atoms with Crippen LogP contribution in [0.4, 0.5) is 17.1 Å². The summed E-state index contributed by atoms with van der Waals surface area (Å²) in [5.41, 5.74) is 2.82. The standard InChI is InChI=1S/C22H28N4O5S/c1-15-17(7-5-8-18(15)26-12-6-9-22(26)28)23-14-21(27)24-16-10-11-19(31-4)20(13-16)32(29,30)25(2)3/h5,7-8,10-11,13,23H,6,9,12,14H2,1-4H3,(H,24,27). The molecule has 1 fully saturated rings. The Labute approximate surface area is 188 Å². The summed E-state index contributed by atoms with van der Waals surface area (Å²) in [5.74, 6) is -0.0462. The van der Waals surface area contributed by atoms with E-state index in [4.69, 9.17) is 4.74 Å². The summed E-state index contributed by atoms with van der Waals surface area (Å²) in [6.45, 7) is 2.57. The lowest BCUT2D eigenvalue weighted by Crippen LogP contribution is -2.26. The van der Waals surface area contributed by atoms with Crippen LogP contribution in [0.1, 0.15) is 18.4 Å². The van der Waals surface area contributed by atoms with E-state index in [1.807, 2.05) is 25.1 Å². The molecule has 1 heterocycles. The molecule has 0 spiro atoms. The van der Waals surface area contributed by atoms with Gasteiger partial charge in [0.2, 0.25) is 21.8 Å². The van der Waals surface area contributed by atoms with Gasteiger partial charge in [-0.25, -0.2) is 12.7 Å². The van der Waals surface area contributed by atoms with Crippen LogP contribution in [0.25, 0.3) is 0 Å². The number of carbonyl (C=O) groups excluding carboxylic acids is 2. The molecule has 2 amide bonds. The summed E-state index contributed by atoms with van der Waals surface area (Å²) in [6.07, 6.45) is 1.39. The summed E-state index contributed by atoms with van der Waals surface area (Å²) in [6, 6.07) is 10.0. The molecular formula is C22H28N4O5S. The zero-order chi connectivity index (χ0) is 23.5. The zero-order valence-corrected chi connectivity index (χ0v) is 19.5. The Morgan fingerprint density at radius 2 is 1.97 bits per heavy atom. The minimum absolute atomic E-state index is 0.0277. The predicted octanol–water partition coefficient (Wildman–Crippen LogP) is 2.43. The van der Waals surface area contributed by atoms with Gasteiger partial charge in [-0.05, 0) is 49.2 Å². The molecule has 0 atom stereocenters. The van der Waals surface area contributed by atoms with Gasteiger partial charge in [-0.2, -0.15) is 0 Å². The summed E-state index contributed by atoms with van der Waals surface area (Å²) in [7, 11) is 0.494. The molecule has 0 radical (unpaired) electrons. The van der Waals surface area contributed by atoms with Crippen molar-refractivity contribution in [2.75, 3.05) is 49.8 Å². The SMILES string of the molecule is COc1ccc(NC(=O)CNc2cccc(N3CCCC3=O)c2C)cc1S(=O)(=O)N(C)C. The third-order valence-corrected chi connectivity index (χ3v) is 7.15. The predicted molar refractivity (Wildman–Crippen MR) is 124 cm³/mol. The average Bonchev–Trinajstić information content (AvgIpc) is 3.18. The lowest BCUT2D eigenvalue weighted by atomic mass is 10.1. The number of amides is 2. The largest absolute Gasteiger partial charge is 0.495 e. The molecular weight excluding hydrogens is 432 g/mol. The molecule has 0 aliphatic carbocycles. The van der Waals surface area contributed by atoms with Gasteiger partial charge in [0.05, 0.1) is 13.7 Å². The normalized spacial score (nSPS) is 14.0. The number of hydrogen-bond acceptors (Lipinski definition) is 6. The first-order chi connectivity index (χ1) is 15.1. The van der Waals surface area contributed by atoms with Crippen molar-refractivity contribution in [3.8, 4) is 5.75 Å². The maximum Gasteiger partial charge on any atom is 0.246 e. The first-order valence-corrected chi connectivity index (χ1v) is 11.6. The van der Waals surface area contributed by atoms with E-state index in [0.717, 1.165) is 27.7 Å². The van der Waals surface area contributed by atoms with Crippen LogP contribution in [0.5, 0.6) is 5.75 Å². The van der Waals surface area contributed by atoms with Crippen LogP contribution in [0.3, 0.4) is 0 Å². The van der Waals surface area contributed by atoms with Crippen LogP contribution in [-0.2, 0) is 19.6 Å². The molecule has 1 saturated heterocycles. The number of anilines is 3. The molecule has 3 rings (SSSR count). The maximum absolute atomic E-state index is 12.6. The van der Waals surface area contributed by atoms with Crippen LogP contribution in [-0.4, -0.2) is 58.8 Å². The highest BCUT2D eigenvalue weighted by atomic mass is 32.2. The van der Waals surface area contributed by atoms with E-state index in [-0.39, 0.29) is 29.0 Å². The number of ether oxygens (including phenoxy) is 1. The number of nitrogens with zero attached hydrogens (tertiary/aromatic N) is 2. The highest BCUT2D eigenvalue weighted by Crippen LogP contribution is 2.30. The summed E-state index contributed by atoms with van der Waals surface area (Å²) in [5, 5.41) is 5.80. The molecule has 9 nitrogen and oxygen atoms in total. The van der Waals surface area contributed by atoms with Gasteiger partial charge in [0, 0.05) is 44.1 Å². The fraction of sp³-hybridized carbons (Fsp3) is 0.364. The van der Waals surface area contributed by atoms with Gasteiger partial charge < -0.3 is 20.3 Å². The topological polar surface area (TPSA) is 108 Å². The van der Waals surface area contributed by atoms with Gasteiger partial charge in [-0.15, -0.1) is 0 Å². The van der Waals surface area contributed by atoms with Gasteiger partial charge in [-0.1, -0.05) is 6.07 Å². The van der Waals surface area contributed by atoms with Crippen molar-refractivity contribution >= 4 is 38.9 Å². The molecule has 2 N–H and O–H groups in total. The molecule has 1 aliphatic heterocycles. The molecule has 0 aromatic heterocycles. The van der Waals surface area contributed by atoms with Gasteiger partial charge in [0.15, 0.2) is 0 Å². The molecule has 2 aromatic rings. The van der Waals surface area contributed by atoms with Crippen molar-refractivity contribution in [3.05, 3.63) is 42.0 Å². The van der Waals surface area contributed by atoms with E-state index in [1.54, 1.807) is 11.0 Å². The number of carbonyl (C=O) groups is 2. The average molecular weight is 461 g/mol. The van der Waals surface area contributed by atoms with E-state index < -0.39 is 10.0 Å². The minimum atomic E-state index is -3.75. The Kier molecular flexibility index (Phi) is 7.05. The second-order valence-corrected chi connectivity index (χ2v) is 9.77. The van der Waals surface area contributed by atoms with Gasteiger partial charge in [0.25, 0.3) is 0 Å². The second kappa shape index (κ2) is 9.58. The number of sulfonamides is 1. The Morgan fingerprint density at radius 1 is 1.22 bits per heavy atom. The molecule has 0 bridgehead atoms.